The standard InChI is InChI=1S/C17H18N4OS/c22-16-5-2-10-21(16)15-4-1-3-14(11-15)20-17(23)19-12-13-6-8-18-9-7-13/h1,3-4,6-9,11H,2,5,10,12H2,(H2,19,20,23). The Balaban J connectivity index is 1.59. The summed E-state index contributed by atoms with van der Waals surface area (Å²) in [7, 11) is 0. The quantitative estimate of drug-likeness (QED) is 0.846. The van der Waals surface area contributed by atoms with Gasteiger partial charge in [-0.05, 0) is 54.5 Å². The zero-order chi connectivity index (χ0) is 16.1. The molecule has 118 valence electrons. The lowest BCUT2D eigenvalue weighted by atomic mass is 10.2. The van der Waals surface area contributed by atoms with E-state index in [1.54, 1.807) is 12.4 Å². The highest BCUT2D eigenvalue weighted by atomic mass is 32.1. The van der Waals surface area contributed by atoms with E-state index in [4.69, 9.17) is 12.2 Å². The normalized spacial score (nSPS) is 13.9. The summed E-state index contributed by atoms with van der Waals surface area (Å²) < 4.78 is 0. The fraction of sp³-hybridized carbons (Fsp3) is 0.235. The minimum Gasteiger partial charge on any atom is -0.358 e. The topological polar surface area (TPSA) is 57.3 Å². The Morgan fingerprint density at radius 3 is 2.83 bits per heavy atom. The molecule has 0 saturated carbocycles. The van der Waals surface area contributed by atoms with Crippen LogP contribution in [0.1, 0.15) is 18.4 Å². The fourth-order valence-corrected chi connectivity index (χ4v) is 2.72. The van der Waals surface area contributed by atoms with Gasteiger partial charge in [-0.15, -0.1) is 0 Å². The Labute approximate surface area is 140 Å². The van der Waals surface area contributed by atoms with Crippen LogP contribution < -0.4 is 15.5 Å². The van der Waals surface area contributed by atoms with Gasteiger partial charge in [0.05, 0.1) is 0 Å². The molecule has 1 saturated heterocycles. The van der Waals surface area contributed by atoms with Crippen LogP contribution in [-0.4, -0.2) is 22.5 Å². The van der Waals surface area contributed by atoms with Gasteiger partial charge in [-0.2, -0.15) is 0 Å². The monoisotopic (exact) mass is 326 g/mol. The number of hydrogen-bond donors (Lipinski definition) is 2. The number of carbonyl (C=O) groups excluding carboxylic acids is 1. The highest BCUT2D eigenvalue weighted by Gasteiger charge is 2.21. The summed E-state index contributed by atoms with van der Waals surface area (Å²) in [6, 6.07) is 11.6. The van der Waals surface area contributed by atoms with Crippen LogP contribution in [0.3, 0.4) is 0 Å². The summed E-state index contributed by atoms with van der Waals surface area (Å²) in [4.78, 5) is 17.6. The van der Waals surface area contributed by atoms with Crippen molar-refractivity contribution in [3.8, 4) is 0 Å². The van der Waals surface area contributed by atoms with Crippen LogP contribution >= 0.6 is 12.2 Å². The molecule has 0 aliphatic carbocycles. The van der Waals surface area contributed by atoms with Crippen LogP contribution in [0.15, 0.2) is 48.8 Å². The van der Waals surface area contributed by atoms with E-state index in [0.717, 1.165) is 29.9 Å². The first-order valence-electron chi connectivity index (χ1n) is 7.56. The Morgan fingerprint density at radius 1 is 1.26 bits per heavy atom. The van der Waals surface area contributed by atoms with Crippen LogP contribution in [0.4, 0.5) is 11.4 Å². The van der Waals surface area contributed by atoms with Crippen molar-refractivity contribution in [2.24, 2.45) is 0 Å². The van der Waals surface area contributed by atoms with Crippen LogP contribution in [-0.2, 0) is 11.3 Å². The van der Waals surface area contributed by atoms with Crippen molar-refractivity contribution < 1.29 is 4.79 Å². The average Bonchev–Trinajstić information content (AvgIpc) is 3.00. The Bertz CT molecular complexity index is 705. The Hall–Kier alpha value is -2.47. The maximum absolute atomic E-state index is 11.8. The number of aromatic nitrogens is 1. The number of thiocarbonyl (C=S) groups is 1. The second kappa shape index (κ2) is 7.19. The van der Waals surface area contributed by atoms with E-state index in [9.17, 15) is 4.79 Å². The molecule has 1 aliphatic rings. The van der Waals surface area contributed by atoms with Gasteiger partial charge in [0.2, 0.25) is 5.91 Å². The molecule has 2 aromatic rings. The molecule has 0 radical (unpaired) electrons. The molecule has 0 bridgehead atoms. The summed E-state index contributed by atoms with van der Waals surface area (Å²) in [5, 5.41) is 6.86. The maximum atomic E-state index is 11.8. The number of carbonyl (C=O) groups is 1. The summed E-state index contributed by atoms with van der Waals surface area (Å²) in [5.41, 5.74) is 2.89. The molecule has 0 spiro atoms. The van der Waals surface area contributed by atoms with Gasteiger partial charge in [0.25, 0.3) is 0 Å². The highest BCUT2D eigenvalue weighted by Crippen LogP contribution is 2.24. The summed E-state index contributed by atoms with van der Waals surface area (Å²) >= 11 is 5.32. The van der Waals surface area contributed by atoms with Crippen molar-refractivity contribution in [3.05, 3.63) is 54.4 Å². The van der Waals surface area contributed by atoms with Crippen LogP contribution in [0.5, 0.6) is 0 Å². The first-order chi connectivity index (χ1) is 11.2. The minimum atomic E-state index is 0.181. The van der Waals surface area contributed by atoms with Crippen molar-refractivity contribution >= 4 is 34.6 Å². The molecule has 1 aromatic heterocycles. The molecule has 5 nitrogen and oxygen atoms in total. The van der Waals surface area contributed by atoms with Gasteiger partial charge >= 0.3 is 0 Å². The summed E-state index contributed by atoms with van der Waals surface area (Å²) in [5.74, 6) is 0.181. The third-order valence-electron chi connectivity index (χ3n) is 3.69. The molecule has 3 rings (SSSR count). The molecule has 0 unspecified atom stereocenters. The first-order valence-corrected chi connectivity index (χ1v) is 7.97. The van der Waals surface area contributed by atoms with Crippen molar-refractivity contribution in [2.75, 3.05) is 16.8 Å². The molecular weight excluding hydrogens is 308 g/mol. The summed E-state index contributed by atoms with van der Waals surface area (Å²) in [6.45, 7) is 1.42. The zero-order valence-electron chi connectivity index (χ0n) is 12.7. The number of nitrogens with zero attached hydrogens (tertiary/aromatic N) is 2. The molecule has 1 fully saturated rings. The zero-order valence-corrected chi connectivity index (χ0v) is 13.5. The predicted octanol–water partition coefficient (Wildman–Crippen LogP) is 2.70. The number of rotatable bonds is 4. The smallest absolute Gasteiger partial charge is 0.227 e. The van der Waals surface area contributed by atoms with Gasteiger partial charge in [0.1, 0.15) is 0 Å². The lowest BCUT2D eigenvalue weighted by Gasteiger charge is -2.17. The second-order valence-corrected chi connectivity index (χ2v) is 5.77. The molecular formula is C17H18N4OS. The van der Waals surface area contributed by atoms with E-state index in [2.05, 4.69) is 15.6 Å². The minimum absolute atomic E-state index is 0.181. The average molecular weight is 326 g/mol. The molecule has 23 heavy (non-hydrogen) atoms. The number of hydrogen-bond acceptors (Lipinski definition) is 3. The van der Waals surface area contributed by atoms with E-state index in [0.29, 0.717) is 18.1 Å². The molecule has 6 heteroatoms. The van der Waals surface area contributed by atoms with E-state index < -0.39 is 0 Å². The van der Waals surface area contributed by atoms with Gasteiger partial charge in [-0.1, -0.05) is 6.07 Å². The third-order valence-corrected chi connectivity index (χ3v) is 3.94. The van der Waals surface area contributed by atoms with Crippen molar-refractivity contribution in [3.63, 3.8) is 0 Å². The molecule has 0 atom stereocenters. The van der Waals surface area contributed by atoms with E-state index in [-0.39, 0.29) is 5.91 Å². The van der Waals surface area contributed by atoms with Gasteiger partial charge in [0, 0.05) is 43.3 Å². The largest absolute Gasteiger partial charge is 0.358 e. The summed E-state index contributed by atoms with van der Waals surface area (Å²) in [6.07, 6.45) is 5.06. The predicted molar refractivity (Wildman–Crippen MR) is 95.3 cm³/mol. The fourth-order valence-electron chi connectivity index (χ4n) is 2.53. The lowest BCUT2D eigenvalue weighted by molar-refractivity contribution is -0.117. The van der Waals surface area contributed by atoms with Gasteiger partial charge in [0.15, 0.2) is 5.11 Å². The molecule has 2 heterocycles. The third kappa shape index (κ3) is 4.04. The molecule has 1 aliphatic heterocycles. The lowest BCUT2D eigenvalue weighted by Crippen LogP contribution is -2.28. The number of anilines is 2. The molecule has 2 N–H and O–H groups in total. The van der Waals surface area contributed by atoms with E-state index >= 15 is 0 Å². The highest BCUT2D eigenvalue weighted by molar-refractivity contribution is 7.80. The van der Waals surface area contributed by atoms with Crippen LogP contribution in [0.25, 0.3) is 0 Å². The van der Waals surface area contributed by atoms with Gasteiger partial charge in [-0.3, -0.25) is 9.78 Å². The molecule has 1 aromatic carbocycles. The van der Waals surface area contributed by atoms with Crippen LogP contribution in [0, 0.1) is 0 Å². The number of amides is 1. The van der Waals surface area contributed by atoms with Gasteiger partial charge < -0.3 is 15.5 Å². The van der Waals surface area contributed by atoms with Crippen molar-refractivity contribution in [2.45, 2.75) is 19.4 Å². The number of benzene rings is 1. The second-order valence-electron chi connectivity index (χ2n) is 5.36. The van der Waals surface area contributed by atoms with E-state index in [1.807, 2.05) is 41.3 Å². The Morgan fingerprint density at radius 2 is 2.09 bits per heavy atom. The van der Waals surface area contributed by atoms with Gasteiger partial charge in [-0.25, -0.2) is 0 Å². The maximum Gasteiger partial charge on any atom is 0.227 e. The number of pyridine rings is 1. The molecule has 1 amide bonds. The van der Waals surface area contributed by atoms with E-state index in [1.165, 1.54) is 0 Å². The number of nitrogens with one attached hydrogen (secondary N) is 2. The first kappa shape index (κ1) is 15.4. The van der Waals surface area contributed by atoms with Crippen molar-refractivity contribution in [1.82, 2.24) is 10.3 Å². The Kier molecular flexibility index (Phi) is 4.83. The van der Waals surface area contributed by atoms with Crippen LogP contribution in [0.2, 0.25) is 0 Å². The SMILES string of the molecule is O=C1CCCN1c1cccc(NC(=S)NCc2ccncc2)c1. The van der Waals surface area contributed by atoms with Crippen molar-refractivity contribution in [1.29, 1.82) is 0 Å².